The van der Waals surface area contributed by atoms with E-state index in [0.29, 0.717) is 6.04 Å². The summed E-state index contributed by atoms with van der Waals surface area (Å²) < 4.78 is 0. The van der Waals surface area contributed by atoms with Crippen molar-refractivity contribution in [2.45, 2.75) is 38.8 Å². The van der Waals surface area contributed by atoms with E-state index < -0.39 is 0 Å². The third-order valence-corrected chi connectivity index (χ3v) is 3.11. The molecule has 0 saturated heterocycles. The molecule has 1 heterocycles. The number of aromatic nitrogens is 1. The zero-order valence-electron chi connectivity index (χ0n) is 9.24. The average molecular weight is 205 g/mol. The maximum Gasteiger partial charge on any atom is 0.0543 e. The molecular weight excluding hydrogens is 186 g/mol. The van der Waals surface area contributed by atoms with E-state index in [1.54, 1.807) is 6.20 Å². The summed E-state index contributed by atoms with van der Waals surface area (Å²) in [6.07, 6.45) is 5.67. The monoisotopic (exact) mass is 205 g/mol. The van der Waals surface area contributed by atoms with Crippen LogP contribution in [0.2, 0.25) is 0 Å². The summed E-state index contributed by atoms with van der Waals surface area (Å²) in [5.41, 5.74) is 7.38. The lowest BCUT2D eigenvalue weighted by molar-refractivity contribution is 0.498. The molecule has 0 spiro atoms. The van der Waals surface area contributed by atoms with Crippen molar-refractivity contribution < 1.29 is 0 Å². The van der Waals surface area contributed by atoms with Crippen molar-refractivity contribution >= 4 is 5.69 Å². The average Bonchev–Trinajstić information content (AvgIpc) is 2.64. The smallest absolute Gasteiger partial charge is 0.0543 e. The number of nitrogen functional groups attached to an aromatic ring is 1. The summed E-state index contributed by atoms with van der Waals surface area (Å²) in [6.45, 7) is 3.18. The zero-order chi connectivity index (χ0) is 10.7. The summed E-state index contributed by atoms with van der Waals surface area (Å²) in [5.74, 6) is 0.877. The van der Waals surface area contributed by atoms with Crippen LogP contribution in [0.15, 0.2) is 18.3 Å². The molecule has 1 saturated carbocycles. The molecule has 1 aliphatic carbocycles. The van der Waals surface area contributed by atoms with Crippen molar-refractivity contribution in [2.24, 2.45) is 5.92 Å². The summed E-state index contributed by atoms with van der Waals surface area (Å²) in [4.78, 5) is 4.27. The predicted octanol–water partition coefficient (Wildman–Crippen LogP) is 1.94. The van der Waals surface area contributed by atoms with Crippen LogP contribution in [0.25, 0.3) is 0 Å². The van der Waals surface area contributed by atoms with E-state index in [2.05, 4.69) is 17.2 Å². The highest BCUT2D eigenvalue weighted by atomic mass is 14.9. The van der Waals surface area contributed by atoms with Gasteiger partial charge < -0.3 is 11.1 Å². The Labute approximate surface area is 91.1 Å². The Hall–Kier alpha value is -1.09. The second kappa shape index (κ2) is 4.62. The van der Waals surface area contributed by atoms with Gasteiger partial charge in [-0.3, -0.25) is 4.98 Å². The number of pyridine rings is 1. The molecule has 1 aliphatic rings. The van der Waals surface area contributed by atoms with Gasteiger partial charge >= 0.3 is 0 Å². The van der Waals surface area contributed by atoms with Crippen LogP contribution in [0.1, 0.15) is 31.9 Å². The minimum Gasteiger partial charge on any atom is -0.397 e. The molecule has 0 amide bonds. The number of hydrogen-bond donors (Lipinski definition) is 2. The van der Waals surface area contributed by atoms with Crippen LogP contribution >= 0.6 is 0 Å². The van der Waals surface area contributed by atoms with E-state index in [9.17, 15) is 0 Å². The Kier molecular flexibility index (Phi) is 3.21. The lowest BCUT2D eigenvalue weighted by Crippen LogP contribution is -2.26. The fourth-order valence-electron chi connectivity index (χ4n) is 2.18. The van der Waals surface area contributed by atoms with Crippen molar-refractivity contribution in [3.05, 3.63) is 24.0 Å². The van der Waals surface area contributed by atoms with E-state index in [4.69, 9.17) is 5.73 Å². The molecule has 1 aromatic heterocycles. The first-order valence-corrected chi connectivity index (χ1v) is 5.68. The van der Waals surface area contributed by atoms with Crippen molar-refractivity contribution in [1.82, 2.24) is 10.3 Å². The quantitative estimate of drug-likeness (QED) is 0.793. The van der Waals surface area contributed by atoms with Gasteiger partial charge in [-0.25, -0.2) is 0 Å². The first kappa shape index (κ1) is 10.4. The lowest BCUT2D eigenvalue weighted by Gasteiger charge is -2.11. The normalized spacial score (nSPS) is 25.7. The highest BCUT2D eigenvalue weighted by Gasteiger charge is 2.20. The van der Waals surface area contributed by atoms with Crippen molar-refractivity contribution in [1.29, 1.82) is 0 Å². The summed E-state index contributed by atoms with van der Waals surface area (Å²) in [7, 11) is 0. The fourth-order valence-corrected chi connectivity index (χ4v) is 2.18. The fraction of sp³-hybridized carbons (Fsp3) is 0.583. The van der Waals surface area contributed by atoms with Crippen LogP contribution in [0, 0.1) is 5.92 Å². The van der Waals surface area contributed by atoms with Crippen LogP contribution in [0.4, 0.5) is 5.69 Å². The summed E-state index contributed by atoms with van der Waals surface area (Å²) in [5, 5.41) is 3.54. The van der Waals surface area contributed by atoms with E-state index >= 15 is 0 Å². The first-order valence-electron chi connectivity index (χ1n) is 5.68. The maximum atomic E-state index is 5.58. The van der Waals surface area contributed by atoms with Gasteiger partial charge in [-0.2, -0.15) is 0 Å². The van der Waals surface area contributed by atoms with Gasteiger partial charge in [0.25, 0.3) is 0 Å². The van der Waals surface area contributed by atoms with Gasteiger partial charge in [-0.05, 0) is 37.3 Å². The third-order valence-electron chi connectivity index (χ3n) is 3.11. The number of nitrogens with one attached hydrogen (secondary N) is 1. The molecule has 82 valence electrons. The van der Waals surface area contributed by atoms with E-state index in [0.717, 1.165) is 23.8 Å². The van der Waals surface area contributed by atoms with Crippen LogP contribution in [-0.2, 0) is 6.54 Å². The Morgan fingerprint density at radius 3 is 2.93 bits per heavy atom. The molecule has 1 aromatic rings. The van der Waals surface area contributed by atoms with Gasteiger partial charge in [-0.15, -0.1) is 0 Å². The summed E-state index contributed by atoms with van der Waals surface area (Å²) >= 11 is 0. The third kappa shape index (κ3) is 2.93. The zero-order valence-corrected chi connectivity index (χ0v) is 9.24. The number of anilines is 1. The molecule has 0 aromatic carbocycles. The second-order valence-electron chi connectivity index (χ2n) is 4.58. The van der Waals surface area contributed by atoms with E-state index in [1.807, 2.05) is 12.1 Å². The van der Waals surface area contributed by atoms with Gasteiger partial charge in [0, 0.05) is 12.6 Å². The predicted molar refractivity (Wildman–Crippen MR) is 62.3 cm³/mol. The van der Waals surface area contributed by atoms with Crippen molar-refractivity contribution in [3.63, 3.8) is 0 Å². The van der Waals surface area contributed by atoms with Crippen LogP contribution in [-0.4, -0.2) is 11.0 Å². The molecular formula is C12H19N3. The highest BCUT2D eigenvalue weighted by Crippen LogP contribution is 2.24. The van der Waals surface area contributed by atoms with Gasteiger partial charge in [0.1, 0.15) is 0 Å². The number of hydrogen-bond acceptors (Lipinski definition) is 3. The molecule has 0 aliphatic heterocycles. The topological polar surface area (TPSA) is 50.9 Å². The molecule has 2 unspecified atom stereocenters. The van der Waals surface area contributed by atoms with Crippen LogP contribution < -0.4 is 11.1 Å². The van der Waals surface area contributed by atoms with E-state index in [-0.39, 0.29) is 0 Å². The minimum absolute atomic E-state index is 0.680. The van der Waals surface area contributed by atoms with Gasteiger partial charge in [0.2, 0.25) is 0 Å². The van der Waals surface area contributed by atoms with Gasteiger partial charge in [-0.1, -0.05) is 6.92 Å². The number of rotatable bonds is 3. The highest BCUT2D eigenvalue weighted by molar-refractivity contribution is 5.34. The Morgan fingerprint density at radius 1 is 1.47 bits per heavy atom. The Balaban J connectivity index is 1.80. The lowest BCUT2D eigenvalue weighted by atomic mass is 10.1. The molecule has 3 heteroatoms. The number of nitrogens with two attached hydrogens (primary N) is 1. The van der Waals surface area contributed by atoms with Crippen LogP contribution in [0.3, 0.4) is 0 Å². The van der Waals surface area contributed by atoms with E-state index in [1.165, 1.54) is 19.3 Å². The van der Waals surface area contributed by atoms with Crippen molar-refractivity contribution in [2.75, 3.05) is 5.73 Å². The standard InChI is InChI=1S/C12H19N3/c1-9-2-4-11(6-9)15-8-12-5-3-10(13)7-14-12/h3,5,7,9,11,15H,2,4,6,8,13H2,1H3. The molecule has 0 bridgehead atoms. The Morgan fingerprint density at radius 2 is 2.33 bits per heavy atom. The number of nitrogens with zero attached hydrogens (tertiary/aromatic N) is 1. The first-order chi connectivity index (χ1) is 7.24. The molecule has 2 atom stereocenters. The van der Waals surface area contributed by atoms with Crippen LogP contribution in [0.5, 0.6) is 0 Å². The molecule has 2 rings (SSSR count). The largest absolute Gasteiger partial charge is 0.397 e. The molecule has 15 heavy (non-hydrogen) atoms. The molecule has 0 radical (unpaired) electrons. The van der Waals surface area contributed by atoms with Gasteiger partial charge in [0.05, 0.1) is 17.6 Å². The summed E-state index contributed by atoms with van der Waals surface area (Å²) in [6, 6.07) is 4.57. The minimum atomic E-state index is 0.680. The SMILES string of the molecule is CC1CCC(NCc2ccc(N)cn2)C1. The Bertz CT molecular complexity index is 307. The maximum absolute atomic E-state index is 5.58. The second-order valence-corrected chi connectivity index (χ2v) is 4.58. The van der Waals surface area contributed by atoms with Crippen molar-refractivity contribution in [3.8, 4) is 0 Å². The molecule has 1 fully saturated rings. The molecule has 3 nitrogen and oxygen atoms in total. The van der Waals surface area contributed by atoms with Gasteiger partial charge in [0.15, 0.2) is 0 Å². The molecule has 3 N–H and O–H groups in total.